The SMILES string of the molecule is CCOc1ccc(C(=O)N2CSC[C@@H]2C(=O)N2CCCCCC2)cc1. The average molecular weight is 362 g/mol. The largest absolute Gasteiger partial charge is 0.494 e. The fraction of sp³-hybridized carbons (Fsp3) is 0.579. The molecule has 2 heterocycles. The first kappa shape index (κ1) is 18.1. The van der Waals surface area contributed by atoms with Gasteiger partial charge in [0.05, 0.1) is 12.5 Å². The van der Waals surface area contributed by atoms with Gasteiger partial charge in [-0.3, -0.25) is 9.59 Å². The number of carbonyl (C=O) groups excluding carboxylic acids is 2. The lowest BCUT2D eigenvalue weighted by atomic mass is 10.1. The molecule has 2 fully saturated rings. The van der Waals surface area contributed by atoms with Crippen molar-refractivity contribution in [3.63, 3.8) is 0 Å². The quantitative estimate of drug-likeness (QED) is 0.826. The Labute approximate surface area is 153 Å². The molecule has 1 atom stereocenters. The Kier molecular flexibility index (Phi) is 6.24. The molecule has 0 N–H and O–H groups in total. The highest BCUT2D eigenvalue weighted by Crippen LogP contribution is 2.26. The third-order valence-electron chi connectivity index (χ3n) is 4.76. The monoisotopic (exact) mass is 362 g/mol. The summed E-state index contributed by atoms with van der Waals surface area (Å²) in [7, 11) is 0. The van der Waals surface area contributed by atoms with Gasteiger partial charge in [0.15, 0.2) is 0 Å². The predicted octanol–water partition coefficient (Wildman–Crippen LogP) is 3.00. The van der Waals surface area contributed by atoms with Crippen LogP contribution in [-0.4, -0.2) is 59.0 Å². The van der Waals surface area contributed by atoms with Gasteiger partial charge in [-0.2, -0.15) is 0 Å². The number of rotatable bonds is 4. The number of hydrogen-bond acceptors (Lipinski definition) is 4. The summed E-state index contributed by atoms with van der Waals surface area (Å²) < 4.78 is 5.43. The Balaban J connectivity index is 1.69. The molecule has 1 aromatic carbocycles. The molecule has 0 radical (unpaired) electrons. The van der Waals surface area contributed by atoms with E-state index in [1.54, 1.807) is 28.8 Å². The van der Waals surface area contributed by atoms with Gasteiger partial charge >= 0.3 is 0 Å². The molecule has 2 amide bonds. The number of likely N-dealkylation sites (tertiary alicyclic amines) is 1. The molecule has 0 saturated carbocycles. The van der Waals surface area contributed by atoms with Crippen molar-refractivity contribution in [1.82, 2.24) is 9.80 Å². The van der Waals surface area contributed by atoms with Crippen molar-refractivity contribution in [2.45, 2.75) is 38.6 Å². The second kappa shape index (κ2) is 8.61. The van der Waals surface area contributed by atoms with Crippen molar-refractivity contribution < 1.29 is 14.3 Å². The number of carbonyl (C=O) groups is 2. The maximum absolute atomic E-state index is 12.9. The molecule has 0 aliphatic carbocycles. The van der Waals surface area contributed by atoms with Crippen LogP contribution in [-0.2, 0) is 4.79 Å². The molecule has 136 valence electrons. The molecule has 0 spiro atoms. The highest BCUT2D eigenvalue weighted by atomic mass is 32.2. The molecule has 5 nitrogen and oxygen atoms in total. The summed E-state index contributed by atoms with van der Waals surface area (Å²) in [4.78, 5) is 29.5. The van der Waals surface area contributed by atoms with Crippen molar-refractivity contribution in [2.24, 2.45) is 0 Å². The van der Waals surface area contributed by atoms with Crippen LogP contribution in [0.15, 0.2) is 24.3 Å². The molecule has 3 rings (SSSR count). The molecule has 0 bridgehead atoms. The third-order valence-corrected chi connectivity index (χ3v) is 5.77. The normalized spacial score (nSPS) is 21.1. The van der Waals surface area contributed by atoms with Gasteiger partial charge in [-0.15, -0.1) is 11.8 Å². The highest BCUT2D eigenvalue weighted by Gasteiger charge is 2.37. The van der Waals surface area contributed by atoms with Gasteiger partial charge in [-0.25, -0.2) is 0 Å². The van der Waals surface area contributed by atoms with Crippen molar-refractivity contribution in [2.75, 3.05) is 31.3 Å². The number of amides is 2. The minimum Gasteiger partial charge on any atom is -0.494 e. The van der Waals surface area contributed by atoms with Crippen LogP contribution in [0.1, 0.15) is 43.0 Å². The molecule has 0 aromatic heterocycles. The molecule has 1 aromatic rings. The smallest absolute Gasteiger partial charge is 0.255 e. The van der Waals surface area contributed by atoms with Crippen LogP contribution in [0.2, 0.25) is 0 Å². The number of benzene rings is 1. The Hall–Kier alpha value is -1.69. The Morgan fingerprint density at radius 3 is 2.44 bits per heavy atom. The van der Waals surface area contributed by atoms with E-state index in [0.29, 0.717) is 23.8 Å². The first-order valence-corrected chi connectivity index (χ1v) is 10.3. The zero-order valence-electron chi connectivity index (χ0n) is 14.8. The summed E-state index contributed by atoms with van der Waals surface area (Å²) in [6, 6.07) is 6.85. The summed E-state index contributed by atoms with van der Waals surface area (Å²) in [6.45, 7) is 4.18. The van der Waals surface area contributed by atoms with Crippen LogP contribution in [0.25, 0.3) is 0 Å². The zero-order chi connectivity index (χ0) is 17.6. The highest BCUT2D eigenvalue weighted by molar-refractivity contribution is 7.99. The summed E-state index contributed by atoms with van der Waals surface area (Å²) >= 11 is 1.65. The number of thioether (sulfide) groups is 1. The number of nitrogens with zero attached hydrogens (tertiary/aromatic N) is 2. The maximum atomic E-state index is 12.9. The lowest BCUT2D eigenvalue weighted by Gasteiger charge is -2.29. The van der Waals surface area contributed by atoms with E-state index in [1.807, 2.05) is 24.0 Å². The molecular formula is C19H26N2O3S. The van der Waals surface area contributed by atoms with Crippen molar-refractivity contribution >= 4 is 23.6 Å². The fourth-order valence-corrected chi connectivity index (χ4v) is 4.52. The van der Waals surface area contributed by atoms with E-state index in [9.17, 15) is 9.59 Å². The summed E-state index contributed by atoms with van der Waals surface area (Å²) in [6.07, 6.45) is 4.52. The second-order valence-corrected chi connectivity index (χ2v) is 7.49. The molecule has 0 unspecified atom stereocenters. The average Bonchev–Trinajstić information content (AvgIpc) is 2.96. The van der Waals surface area contributed by atoms with E-state index < -0.39 is 0 Å². The molecule has 2 saturated heterocycles. The topological polar surface area (TPSA) is 49.9 Å². The van der Waals surface area contributed by atoms with Gasteiger partial charge in [0.25, 0.3) is 5.91 Å². The molecule has 2 aliphatic heterocycles. The van der Waals surface area contributed by atoms with Gasteiger partial charge in [0.1, 0.15) is 11.8 Å². The maximum Gasteiger partial charge on any atom is 0.255 e. The Morgan fingerprint density at radius 1 is 1.12 bits per heavy atom. The molecule has 25 heavy (non-hydrogen) atoms. The van der Waals surface area contributed by atoms with E-state index in [-0.39, 0.29) is 17.9 Å². The Bertz CT molecular complexity index is 597. The third kappa shape index (κ3) is 4.29. The molecular weight excluding hydrogens is 336 g/mol. The van der Waals surface area contributed by atoms with Crippen molar-refractivity contribution in [1.29, 1.82) is 0 Å². The van der Waals surface area contributed by atoms with Crippen LogP contribution in [0.5, 0.6) is 5.75 Å². The number of ether oxygens (including phenoxy) is 1. The lowest BCUT2D eigenvalue weighted by Crippen LogP contribution is -2.49. The van der Waals surface area contributed by atoms with Gasteiger partial charge < -0.3 is 14.5 Å². The van der Waals surface area contributed by atoms with E-state index >= 15 is 0 Å². The number of hydrogen-bond donors (Lipinski definition) is 0. The van der Waals surface area contributed by atoms with E-state index in [0.717, 1.165) is 31.7 Å². The molecule has 2 aliphatic rings. The summed E-state index contributed by atoms with van der Waals surface area (Å²) in [5, 5.41) is 0. The van der Waals surface area contributed by atoms with Gasteiger partial charge in [-0.1, -0.05) is 12.8 Å². The minimum absolute atomic E-state index is 0.0683. The van der Waals surface area contributed by atoms with E-state index in [4.69, 9.17) is 4.74 Å². The van der Waals surface area contributed by atoms with E-state index in [2.05, 4.69) is 0 Å². The van der Waals surface area contributed by atoms with Crippen LogP contribution in [0.3, 0.4) is 0 Å². The van der Waals surface area contributed by atoms with Crippen LogP contribution in [0.4, 0.5) is 0 Å². The van der Waals surface area contributed by atoms with Crippen LogP contribution in [0, 0.1) is 0 Å². The van der Waals surface area contributed by atoms with Gasteiger partial charge in [0, 0.05) is 24.4 Å². The van der Waals surface area contributed by atoms with Crippen LogP contribution < -0.4 is 4.74 Å². The fourth-order valence-electron chi connectivity index (χ4n) is 3.38. The standard InChI is InChI=1S/C19H26N2O3S/c1-2-24-16-9-7-15(8-10-16)18(22)21-14-25-13-17(21)19(23)20-11-5-3-4-6-12-20/h7-10,17H,2-6,11-14H2,1H3/t17-/m1/s1. The first-order chi connectivity index (χ1) is 12.2. The predicted molar refractivity (Wildman–Crippen MR) is 99.9 cm³/mol. The zero-order valence-corrected chi connectivity index (χ0v) is 15.6. The van der Waals surface area contributed by atoms with Crippen molar-refractivity contribution in [3.05, 3.63) is 29.8 Å². The summed E-state index contributed by atoms with van der Waals surface area (Å²) in [5.74, 6) is 2.08. The van der Waals surface area contributed by atoms with Crippen LogP contribution >= 0.6 is 11.8 Å². The van der Waals surface area contributed by atoms with Gasteiger partial charge in [0.2, 0.25) is 5.91 Å². The first-order valence-electron chi connectivity index (χ1n) is 9.11. The minimum atomic E-state index is -0.331. The second-order valence-electron chi connectivity index (χ2n) is 6.49. The molecule has 6 heteroatoms. The summed E-state index contributed by atoms with van der Waals surface area (Å²) in [5.41, 5.74) is 0.611. The van der Waals surface area contributed by atoms with E-state index in [1.165, 1.54) is 12.8 Å². The Morgan fingerprint density at radius 2 is 1.80 bits per heavy atom. The lowest BCUT2D eigenvalue weighted by molar-refractivity contribution is -0.134. The van der Waals surface area contributed by atoms with Crippen molar-refractivity contribution in [3.8, 4) is 5.75 Å². The van der Waals surface area contributed by atoms with Gasteiger partial charge in [-0.05, 0) is 44.0 Å².